The van der Waals surface area contributed by atoms with Gasteiger partial charge in [-0.05, 0) is 25.1 Å². The Kier molecular flexibility index (Phi) is 3.51. The first-order valence-electron chi connectivity index (χ1n) is 6.08. The topological polar surface area (TPSA) is 45.8 Å². The number of rotatable bonds is 2. The van der Waals surface area contributed by atoms with Gasteiger partial charge in [0.25, 0.3) is 5.56 Å². The zero-order chi connectivity index (χ0) is 15.1. The molecule has 0 bridgehead atoms. The van der Waals surface area contributed by atoms with Gasteiger partial charge in [-0.25, -0.2) is 13.8 Å². The molecule has 1 atom stereocenters. The van der Waals surface area contributed by atoms with E-state index in [0.29, 0.717) is 16.2 Å². The van der Waals surface area contributed by atoms with Gasteiger partial charge in [-0.3, -0.25) is 4.79 Å². The SMILES string of the molecule is CC(Cl)c1nc2scc(-c3cc(F)ccc3F)c2c(=O)[nH]1. The monoisotopic (exact) mass is 326 g/mol. The van der Waals surface area contributed by atoms with E-state index in [9.17, 15) is 13.6 Å². The lowest BCUT2D eigenvalue weighted by atomic mass is 10.1. The molecular weight excluding hydrogens is 318 g/mol. The second-order valence-corrected chi connectivity index (χ2v) is 6.03. The number of aromatic nitrogens is 2. The summed E-state index contributed by atoms with van der Waals surface area (Å²) >= 11 is 7.10. The maximum Gasteiger partial charge on any atom is 0.260 e. The minimum Gasteiger partial charge on any atom is -0.309 e. The molecular formula is C14H9ClF2N2OS. The summed E-state index contributed by atoms with van der Waals surface area (Å²) in [6.45, 7) is 1.69. The van der Waals surface area contributed by atoms with Gasteiger partial charge in [0.1, 0.15) is 22.3 Å². The first-order chi connectivity index (χ1) is 9.97. The molecule has 1 N–H and O–H groups in total. The quantitative estimate of drug-likeness (QED) is 0.716. The van der Waals surface area contributed by atoms with Crippen LogP contribution in [0.3, 0.4) is 0 Å². The highest BCUT2D eigenvalue weighted by molar-refractivity contribution is 7.17. The molecule has 3 aromatic rings. The predicted molar refractivity (Wildman–Crippen MR) is 79.9 cm³/mol. The molecule has 0 aliphatic carbocycles. The Balaban J connectivity index is 2.30. The van der Waals surface area contributed by atoms with Gasteiger partial charge in [0.15, 0.2) is 0 Å². The van der Waals surface area contributed by atoms with E-state index < -0.39 is 22.6 Å². The molecule has 0 aliphatic rings. The van der Waals surface area contributed by atoms with Gasteiger partial charge in [0.2, 0.25) is 0 Å². The average Bonchev–Trinajstić information content (AvgIpc) is 2.85. The third-order valence-corrected chi connectivity index (χ3v) is 4.14. The predicted octanol–water partition coefficient (Wildman–Crippen LogP) is 4.23. The number of nitrogens with one attached hydrogen (secondary N) is 1. The number of benzene rings is 1. The Hall–Kier alpha value is -1.79. The van der Waals surface area contributed by atoms with Crippen LogP contribution in [0.1, 0.15) is 18.1 Å². The van der Waals surface area contributed by atoms with Crippen LogP contribution in [0.2, 0.25) is 0 Å². The highest BCUT2D eigenvalue weighted by Crippen LogP contribution is 2.33. The molecule has 7 heteroatoms. The van der Waals surface area contributed by atoms with E-state index in [0.717, 1.165) is 18.2 Å². The van der Waals surface area contributed by atoms with Crippen molar-refractivity contribution in [3.63, 3.8) is 0 Å². The van der Waals surface area contributed by atoms with E-state index in [2.05, 4.69) is 9.97 Å². The molecule has 0 radical (unpaired) electrons. The van der Waals surface area contributed by atoms with Crippen LogP contribution in [0, 0.1) is 11.6 Å². The van der Waals surface area contributed by atoms with Crippen LogP contribution in [-0.2, 0) is 0 Å². The van der Waals surface area contributed by atoms with Crippen molar-refractivity contribution in [2.75, 3.05) is 0 Å². The number of halogens is 3. The van der Waals surface area contributed by atoms with E-state index in [4.69, 9.17) is 11.6 Å². The molecule has 108 valence electrons. The lowest BCUT2D eigenvalue weighted by Crippen LogP contribution is -2.11. The maximum atomic E-state index is 13.9. The molecule has 0 spiro atoms. The molecule has 21 heavy (non-hydrogen) atoms. The zero-order valence-corrected chi connectivity index (χ0v) is 12.4. The van der Waals surface area contributed by atoms with Crippen LogP contribution in [0.25, 0.3) is 21.3 Å². The van der Waals surface area contributed by atoms with Crippen molar-refractivity contribution in [1.82, 2.24) is 9.97 Å². The summed E-state index contributed by atoms with van der Waals surface area (Å²) in [4.78, 5) is 19.5. The Morgan fingerprint density at radius 1 is 1.33 bits per heavy atom. The van der Waals surface area contributed by atoms with Gasteiger partial charge in [-0.15, -0.1) is 22.9 Å². The van der Waals surface area contributed by atoms with E-state index in [1.165, 1.54) is 11.3 Å². The van der Waals surface area contributed by atoms with E-state index in [1.807, 2.05) is 0 Å². The fourth-order valence-corrected chi connectivity index (χ4v) is 3.11. The summed E-state index contributed by atoms with van der Waals surface area (Å²) in [7, 11) is 0. The van der Waals surface area contributed by atoms with Crippen LogP contribution in [0.4, 0.5) is 8.78 Å². The zero-order valence-electron chi connectivity index (χ0n) is 10.8. The average molecular weight is 327 g/mol. The van der Waals surface area contributed by atoms with E-state index >= 15 is 0 Å². The molecule has 3 rings (SSSR count). The van der Waals surface area contributed by atoms with Gasteiger partial charge in [0.05, 0.1) is 10.8 Å². The second kappa shape index (κ2) is 5.20. The minimum absolute atomic E-state index is 0.0419. The number of H-pyrrole nitrogens is 1. The maximum absolute atomic E-state index is 13.9. The fourth-order valence-electron chi connectivity index (χ4n) is 2.06. The standard InChI is InChI=1S/C14H9ClF2N2OS/c1-6(15)12-18-13(20)11-9(5-21-14(11)19-12)8-4-7(16)2-3-10(8)17/h2-6H,1H3,(H,18,19,20). The smallest absolute Gasteiger partial charge is 0.260 e. The van der Waals surface area contributed by atoms with Crippen molar-refractivity contribution in [2.24, 2.45) is 0 Å². The lowest BCUT2D eigenvalue weighted by Gasteiger charge is -2.04. The minimum atomic E-state index is -0.592. The Labute approximate surface area is 127 Å². The molecule has 0 fully saturated rings. The van der Waals surface area contributed by atoms with Crippen LogP contribution in [0.15, 0.2) is 28.4 Å². The fraction of sp³-hybridized carbons (Fsp3) is 0.143. The van der Waals surface area contributed by atoms with Crippen LogP contribution >= 0.6 is 22.9 Å². The highest BCUT2D eigenvalue weighted by Gasteiger charge is 2.17. The molecule has 2 aromatic heterocycles. The molecule has 0 aliphatic heterocycles. The van der Waals surface area contributed by atoms with Crippen molar-refractivity contribution in [3.05, 3.63) is 51.4 Å². The van der Waals surface area contributed by atoms with Crippen molar-refractivity contribution in [1.29, 1.82) is 0 Å². The summed E-state index contributed by atoms with van der Waals surface area (Å²) in [5.74, 6) is -0.811. The number of fused-ring (bicyclic) bond motifs is 1. The summed E-state index contributed by atoms with van der Waals surface area (Å²) in [6.07, 6.45) is 0. The largest absolute Gasteiger partial charge is 0.309 e. The third kappa shape index (κ3) is 2.45. The van der Waals surface area contributed by atoms with Crippen molar-refractivity contribution >= 4 is 33.2 Å². The van der Waals surface area contributed by atoms with E-state index in [-0.39, 0.29) is 10.9 Å². The normalized spacial score (nSPS) is 12.8. The van der Waals surface area contributed by atoms with Crippen LogP contribution in [-0.4, -0.2) is 9.97 Å². The number of hydrogen-bond donors (Lipinski definition) is 1. The number of nitrogens with zero attached hydrogens (tertiary/aromatic N) is 1. The van der Waals surface area contributed by atoms with Gasteiger partial charge >= 0.3 is 0 Å². The first kappa shape index (κ1) is 14.2. The van der Waals surface area contributed by atoms with Gasteiger partial charge in [0, 0.05) is 16.5 Å². The number of aromatic amines is 1. The summed E-state index contributed by atoms with van der Waals surface area (Å²) in [5.41, 5.74) is -0.0443. The molecule has 0 saturated carbocycles. The molecule has 2 heterocycles. The summed E-state index contributed by atoms with van der Waals surface area (Å²) in [5, 5.41) is 1.39. The second-order valence-electron chi connectivity index (χ2n) is 4.52. The number of thiophene rings is 1. The first-order valence-corrected chi connectivity index (χ1v) is 7.40. The van der Waals surface area contributed by atoms with Crippen molar-refractivity contribution in [3.8, 4) is 11.1 Å². The molecule has 0 amide bonds. The van der Waals surface area contributed by atoms with E-state index in [1.54, 1.807) is 12.3 Å². The number of alkyl halides is 1. The molecule has 1 unspecified atom stereocenters. The lowest BCUT2D eigenvalue weighted by molar-refractivity contribution is 0.603. The molecule has 1 aromatic carbocycles. The molecule has 0 saturated heterocycles. The van der Waals surface area contributed by atoms with Gasteiger partial charge in [-0.1, -0.05) is 0 Å². The Bertz CT molecular complexity index is 888. The Morgan fingerprint density at radius 3 is 2.81 bits per heavy atom. The molecule has 3 nitrogen and oxygen atoms in total. The van der Waals surface area contributed by atoms with Crippen LogP contribution < -0.4 is 5.56 Å². The Morgan fingerprint density at radius 2 is 2.10 bits per heavy atom. The van der Waals surface area contributed by atoms with Crippen molar-refractivity contribution in [2.45, 2.75) is 12.3 Å². The summed E-state index contributed by atoms with van der Waals surface area (Å²) in [6, 6.07) is 3.13. The van der Waals surface area contributed by atoms with Crippen molar-refractivity contribution < 1.29 is 8.78 Å². The van der Waals surface area contributed by atoms with Crippen LogP contribution in [0.5, 0.6) is 0 Å². The highest BCUT2D eigenvalue weighted by atomic mass is 35.5. The third-order valence-electron chi connectivity index (χ3n) is 3.06. The summed E-state index contributed by atoms with van der Waals surface area (Å²) < 4.78 is 27.2. The van der Waals surface area contributed by atoms with Gasteiger partial charge in [-0.2, -0.15) is 0 Å². The van der Waals surface area contributed by atoms with Gasteiger partial charge < -0.3 is 4.98 Å². The number of hydrogen-bond acceptors (Lipinski definition) is 3.